The number of hydrogen-bond acceptors (Lipinski definition) is 7. The molecule has 2 aromatic heterocycles. The first-order chi connectivity index (χ1) is 15.8. The second kappa shape index (κ2) is 8.27. The number of rotatable bonds is 7. The predicted molar refractivity (Wildman–Crippen MR) is 128 cm³/mol. The van der Waals surface area contributed by atoms with E-state index in [-0.39, 0.29) is 12.0 Å². The summed E-state index contributed by atoms with van der Waals surface area (Å²) in [4.78, 5) is 16.6. The van der Waals surface area contributed by atoms with Crippen molar-refractivity contribution in [1.82, 2.24) is 15.0 Å². The van der Waals surface area contributed by atoms with Crippen LogP contribution in [0.2, 0.25) is 0 Å². The van der Waals surface area contributed by atoms with E-state index in [4.69, 9.17) is 5.11 Å². The molecule has 3 aromatic rings. The van der Waals surface area contributed by atoms with Gasteiger partial charge in [0.2, 0.25) is 5.95 Å². The summed E-state index contributed by atoms with van der Waals surface area (Å²) < 4.78 is 12.6. The fraction of sp³-hybridized carbons (Fsp3) is 0.400. The van der Waals surface area contributed by atoms with Gasteiger partial charge < -0.3 is 15.1 Å². The van der Waals surface area contributed by atoms with Crippen molar-refractivity contribution in [1.29, 1.82) is 0 Å². The highest BCUT2D eigenvalue weighted by molar-refractivity contribution is 7.85. The molecule has 3 heterocycles. The molecule has 2 N–H and O–H groups in total. The SMILES string of the molecule is CC(C)(O)c1ccnc(-c2cnc(N3CC4(CC4)c4ccc(S(=O)CCCO)cc43)nc2)c1. The van der Waals surface area contributed by atoms with Crippen LogP contribution in [0, 0.1) is 0 Å². The Morgan fingerprint density at radius 3 is 2.55 bits per heavy atom. The summed E-state index contributed by atoms with van der Waals surface area (Å²) in [5, 5.41) is 19.4. The summed E-state index contributed by atoms with van der Waals surface area (Å²) in [6.45, 7) is 4.35. The van der Waals surface area contributed by atoms with Gasteiger partial charge in [0, 0.05) is 59.1 Å². The maximum Gasteiger partial charge on any atom is 0.229 e. The predicted octanol–water partition coefficient (Wildman–Crippen LogP) is 3.44. The van der Waals surface area contributed by atoms with Crippen molar-refractivity contribution < 1.29 is 14.4 Å². The van der Waals surface area contributed by atoms with Gasteiger partial charge in [0.15, 0.2) is 0 Å². The van der Waals surface area contributed by atoms with E-state index in [1.165, 1.54) is 5.56 Å². The highest BCUT2D eigenvalue weighted by atomic mass is 32.2. The van der Waals surface area contributed by atoms with Gasteiger partial charge in [-0.2, -0.15) is 0 Å². The Labute approximate surface area is 196 Å². The standard InChI is InChI=1S/C25H28N4O3S/c1-24(2,31)18-6-9-26-21(12-18)17-14-27-23(28-15-17)29-16-25(7-8-25)20-5-4-19(13-22(20)29)33(32)11-3-10-30/h4-6,9,12-15,30-31H,3,7-8,10-11,16H2,1-2H3. The molecule has 1 aromatic carbocycles. The summed E-state index contributed by atoms with van der Waals surface area (Å²) in [5.74, 6) is 1.06. The van der Waals surface area contributed by atoms with Gasteiger partial charge in [-0.05, 0) is 68.5 Å². The minimum absolute atomic E-state index is 0.0413. The topological polar surface area (TPSA) is 99.4 Å². The molecule has 0 amide bonds. The van der Waals surface area contributed by atoms with Crippen molar-refractivity contribution in [3.8, 4) is 11.3 Å². The third kappa shape index (κ3) is 4.18. The van der Waals surface area contributed by atoms with Gasteiger partial charge in [-0.1, -0.05) is 6.07 Å². The monoisotopic (exact) mass is 464 g/mol. The van der Waals surface area contributed by atoms with Crippen LogP contribution in [0.25, 0.3) is 11.3 Å². The van der Waals surface area contributed by atoms with Gasteiger partial charge >= 0.3 is 0 Å². The van der Waals surface area contributed by atoms with Crippen LogP contribution < -0.4 is 4.90 Å². The van der Waals surface area contributed by atoms with E-state index in [1.807, 2.05) is 18.2 Å². The number of aliphatic hydroxyl groups excluding tert-OH is 1. The molecule has 1 aliphatic carbocycles. The molecule has 0 saturated heterocycles. The van der Waals surface area contributed by atoms with Gasteiger partial charge in [-0.25, -0.2) is 9.97 Å². The molecule has 33 heavy (non-hydrogen) atoms. The van der Waals surface area contributed by atoms with Crippen molar-refractivity contribution in [2.45, 2.75) is 49.0 Å². The summed E-state index contributed by atoms with van der Waals surface area (Å²) in [5.41, 5.74) is 3.76. The van der Waals surface area contributed by atoms with E-state index in [2.05, 4.69) is 25.9 Å². The number of nitrogens with zero attached hydrogens (tertiary/aromatic N) is 4. The number of aromatic nitrogens is 3. The summed E-state index contributed by atoms with van der Waals surface area (Å²) in [6, 6.07) is 9.73. The molecular formula is C25H28N4O3S. The lowest BCUT2D eigenvalue weighted by atomic mass is 9.98. The molecule has 1 saturated carbocycles. The summed E-state index contributed by atoms with van der Waals surface area (Å²) in [6.07, 6.45) is 8.00. The minimum Gasteiger partial charge on any atom is -0.396 e. The molecule has 0 radical (unpaired) electrons. The largest absolute Gasteiger partial charge is 0.396 e. The van der Waals surface area contributed by atoms with Gasteiger partial charge in [0.25, 0.3) is 0 Å². The number of aliphatic hydroxyl groups is 2. The average Bonchev–Trinajstić information content (AvgIpc) is 3.53. The fourth-order valence-corrected chi connectivity index (χ4v) is 5.52. The number of benzene rings is 1. The van der Waals surface area contributed by atoms with E-state index < -0.39 is 16.4 Å². The maximum atomic E-state index is 12.6. The Kier molecular flexibility index (Phi) is 5.55. The Hall–Kier alpha value is -2.68. The third-order valence-corrected chi connectivity index (χ3v) is 7.98. The molecule has 2 aliphatic rings. The van der Waals surface area contributed by atoms with Crippen molar-refractivity contribution >= 4 is 22.4 Å². The average molecular weight is 465 g/mol. The first-order valence-electron chi connectivity index (χ1n) is 11.2. The molecule has 1 fully saturated rings. The molecule has 1 unspecified atom stereocenters. The van der Waals surface area contributed by atoms with Crippen LogP contribution in [0.3, 0.4) is 0 Å². The lowest BCUT2D eigenvalue weighted by Crippen LogP contribution is -2.21. The van der Waals surface area contributed by atoms with Crippen LogP contribution in [0.4, 0.5) is 11.6 Å². The molecule has 5 rings (SSSR count). The lowest BCUT2D eigenvalue weighted by molar-refractivity contribution is 0.0785. The molecule has 8 heteroatoms. The third-order valence-electron chi connectivity index (χ3n) is 6.54. The molecule has 1 spiro atoms. The highest BCUT2D eigenvalue weighted by Gasteiger charge is 2.52. The van der Waals surface area contributed by atoms with E-state index in [9.17, 15) is 9.32 Å². The summed E-state index contributed by atoms with van der Waals surface area (Å²) >= 11 is 0. The van der Waals surface area contributed by atoms with Gasteiger partial charge in [-0.15, -0.1) is 0 Å². The zero-order valence-electron chi connectivity index (χ0n) is 18.9. The normalized spacial score (nSPS) is 17.3. The quantitative estimate of drug-likeness (QED) is 0.553. The van der Waals surface area contributed by atoms with E-state index in [0.717, 1.165) is 41.1 Å². The van der Waals surface area contributed by atoms with Crippen LogP contribution in [-0.2, 0) is 21.8 Å². The van der Waals surface area contributed by atoms with Crippen LogP contribution >= 0.6 is 0 Å². The maximum absolute atomic E-state index is 12.6. The number of pyridine rings is 1. The number of fused-ring (bicyclic) bond motifs is 2. The van der Waals surface area contributed by atoms with Crippen LogP contribution in [0.1, 0.15) is 44.2 Å². The number of hydrogen-bond donors (Lipinski definition) is 2. The Morgan fingerprint density at radius 1 is 1.12 bits per heavy atom. The van der Waals surface area contributed by atoms with E-state index >= 15 is 0 Å². The van der Waals surface area contributed by atoms with Crippen LogP contribution in [-0.4, -0.2) is 48.3 Å². The van der Waals surface area contributed by atoms with Crippen LogP contribution in [0.15, 0.2) is 53.8 Å². The molecule has 7 nitrogen and oxygen atoms in total. The van der Waals surface area contributed by atoms with Crippen molar-refractivity contribution in [2.24, 2.45) is 0 Å². The molecular weight excluding hydrogens is 436 g/mol. The lowest BCUT2D eigenvalue weighted by Gasteiger charge is -2.19. The van der Waals surface area contributed by atoms with Gasteiger partial charge in [0.1, 0.15) is 0 Å². The van der Waals surface area contributed by atoms with Crippen molar-refractivity contribution in [3.63, 3.8) is 0 Å². The van der Waals surface area contributed by atoms with Crippen molar-refractivity contribution in [3.05, 3.63) is 60.0 Å². The molecule has 1 atom stereocenters. The highest BCUT2D eigenvalue weighted by Crippen LogP contribution is 2.57. The molecule has 172 valence electrons. The van der Waals surface area contributed by atoms with Gasteiger partial charge in [-0.3, -0.25) is 9.19 Å². The molecule has 1 aliphatic heterocycles. The zero-order valence-corrected chi connectivity index (χ0v) is 19.7. The second-order valence-corrected chi connectivity index (χ2v) is 11.0. The van der Waals surface area contributed by atoms with E-state index in [0.29, 0.717) is 23.8 Å². The van der Waals surface area contributed by atoms with Crippen molar-refractivity contribution in [2.75, 3.05) is 23.8 Å². The first kappa shape index (κ1) is 22.1. The Bertz CT molecular complexity index is 1200. The van der Waals surface area contributed by atoms with Crippen LogP contribution in [0.5, 0.6) is 0 Å². The van der Waals surface area contributed by atoms with E-state index in [1.54, 1.807) is 38.5 Å². The summed E-state index contributed by atoms with van der Waals surface area (Å²) in [7, 11) is -1.15. The number of anilines is 2. The Balaban J connectivity index is 1.45. The minimum atomic E-state index is -1.15. The molecule has 0 bridgehead atoms. The first-order valence-corrected chi connectivity index (χ1v) is 12.6. The zero-order chi connectivity index (χ0) is 23.2. The smallest absolute Gasteiger partial charge is 0.229 e. The van der Waals surface area contributed by atoms with Gasteiger partial charge in [0.05, 0.1) is 22.1 Å². The fourth-order valence-electron chi connectivity index (χ4n) is 4.43. The second-order valence-electron chi connectivity index (χ2n) is 9.43. The Morgan fingerprint density at radius 2 is 1.88 bits per heavy atom.